The maximum atomic E-state index is 5.82. The fourth-order valence-corrected chi connectivity index (χ4v) is 2.67. The van der Waals surface area contributed by atoms with E-state index in [4.69, 9.17) is 4.74 Å². The van der Waals surface area contributed by atoms with Crippen LogP contribution in [-0.2, 0) is 11.3 Å². The van der Waals surface area contributed by atoms with E-state index >= 15 is 0 Å². The van der Waals surface area contributed by atoms with Crippen LogP contribution in [0.2, 0.25) is 0 Å². The van der Waals surface area contributed by atoms with Gasteiger partial charge >= 0.3 is 0 Å². The highest BCUT2D eigenvalue weighted by Gasteiger charge is 2.11. The van der Waals surface area contributed by atoms with Crippen molar-refractivity contribution in [1.82, 2.24) is 5.32 Å². The molecule has 1 heterocycles. The van der Waals surface area contributed by atoms with Crippen molar-refractivity contribution >= 4 is 15.9 Å². The first kappa shape index (κ1) is 13.1. The average molecular weight is 298 g/mol. The minimum Gasteiger partial charge on any atom is -0.376 e. The highest BCUT2D eigenvalue weighted by Crippen LogP contribution is 2.16. The van der Waals surface area contributed by atoms with E-state index in [9.17, 15) is 0 Å². The van der Waals surface area contributed by atoms with E-state index < -0.39 is 0 Å². The van der Waals surface area contributed by atoms with Crippen molar-refractivity contribution in [3.8, 4) is 0 Å². The van der Waals surface area contributed by atoms with E-state index in [2.05, 4.69) is 39.4 Å². The Hall–Kier alpha value is -0.380. The van der Waals surface area contributed by atoms with Gasteiger partial charge in [0.25, 0.3) is 0 Å². The Labute approximate surface area is 112 Å². The van der Waals surface area contributed by atoms with Gasteiger partial charge in [-0.3, -0.25) is 0 Å². The molecule has 94 valence electrons. The fourth-order valence-electron chi connectivity index (χ4n) is 2.23. The average Bonchev–Trinajstić information content (AvgIpc) is 2.58. The molecule has 1 fully saturated rings. The van der Waals surface area contributed by atoms with Crippen LogP contribution in [-0.4, -0.2) is 19.7 Å². The predicted octanol–water partition coefficient (Wildman–Crippen LogP) is 3.36. The molecule has 0 radical (unpaired) electrons. The zero-order chi connectivity index (χ0) is 11.9. The van der Waals surface area contributed by atoms with Gasteiger partial charge in [0.1, 0.15) is 0 Å². The van der Waals surface area contributed by atoms with Crippen molar-refractivity contribution in [2.45, 2.75) is 25.9 Å². The number of rotatable bonds is 4. The summed E-state index contributed by atoms with van der Waals surface area (Å²) in [6.07, 6.45) is 3.83. The molecule has 1 unspecified atom stereocenters. The van der Waals surface area contributed by atoms with Crippen molar-refractivity contribution in [3.05, 3.63) is 34.3 Å². The summed E-state index contributed by atoms with van der Waals surface area (Å²) in [5, 5.41) is 3.43. The lowest BCUT2D eigenvalue weighted by molar-refractivity contribution is 0.0829. The maximum absolute atomic E-state index is 5.82. The van der Waals surface area contributed by atoms with Crippen LogP contribution in [0.3, 0.4) is 0 Å². The lowest BCUT2D eigenvalue weighted by Gasteiger charge is -2.13. The van der Waals surface area contributed by atoms with E-state index in [1.165, 1.54) is 31.4 Å². The molecule has 0 saturated carbocycles. The molecule has 1 aliphatic heterocycles. The van der Waals surface area contributed by atoms with E-state index in [-0.39, 0.29) is 0 Å². The molecule has 0 spiro atoms. The Morgan fingerprint density at radius 3 is 3.12 bits per heavy atom. The molecule has 1 atom stereocenters. The van der Waals surface area contributed by atoms with Crippen LogP contribution < -0.4 is 5.32 Å². The standard InChI is InChI=1S/C14H20BrNO/c15-14-5-1-3-13(9-14)11-17-10-12-4-2-7-16-8-6-12/h1,3,5,9,12,16H,2,4,6-8,10-11H2. The van der Waals surface area contributed by atoms with Gasteiger partial charge in [-0.15, -0.1) is 0 Å². The Bertz CT molecular complexity index is 335. The summed E-state index contributed by atoms with van der Waals surface area (Å²) in [6, 6.07) is 8.33. The molecule has 3 heteroatoms. The molecular weight excluding hydrogens is 278 g/mol. The van der Waals surface area contributed by atoms with E-state index in [0.29, 0.717) is 0 Å². The van der Waals surface area contributed by atoms with Crippen molar-refractivity contribution < 1.29 is 4.74 Å². The normalized spacial score (nSPS) is 21.1. The molecule has 0 aliphatic carbocycles. The molecule has 0 amide bonds. The third-order valence-corrected chi connectivity index (χ3v) is 3.70. The molecule has 17 heavy (non-hydrogen) atoms. The Morgan fingerprint density at radius 1 is 1.29 bits per heavy atom. The Kier molecular flexibility index (Phi) is 5.49. The monoisotopic (exact) mass is 297 g/mol. The molecule has 1 aromatic carbocycles. The van der Waals surface area contributed by atoms with Crippen LogP contribution in [0, 0.1) is 5.92 Å². The highest BCUT2D eigenvalue weighted by molar-refractivity contribution is 9.10. The van der Waals surface area contributed by atoms with Crippen LogP contribution in [0.5, 0.6) is 0 Å². The molecule has 2 nitrogen and oxygen atoms in total. The van der Waals surface area contributed by atoms with Gasteiger partial charge in [-0.25, -0.2) is 0 Å². The van der Waals surface area contributed by atoms with Gasteiger partial charge in [-0.1, -0.05) is 28.1 Å². The summed E-state index contributed by atoms with van der Waals surface area (Å²) in [4.78, 5) is 0. The molecule has 1 N–H and O–H groups in total. The lowest BCUT2D eigenvalue weighted by atomic mass is 10.0. The lowest BCUT2D eigenvalue weighted by Crippen LogP contribution is -2.15. The third-order valence-electron chi connectivity index (χ3n) is 3.21. The summed E-state index contributed by atoms with van der Waals surface area (Å²) >= 11 is 3.48. The first-order valence-electron chi connectivity index (χ1n) is 6.37. The van der Waals surface area contributed by atoms with Crippen molar-refractivity contribution in [2.75, 3.05) is 19.7 Å². The molecule has 1 aliphatic rings. The number of hydrogen-bond acceptors (Lipinski definition) is 2. The molecule has 0 aromatic heterocycles. The number of nitrogens with one attached hydrogen (secondary N) is 1. The van der Waals surface area contributed by atoms with Crippen molar-refractivity contribution in [2.24, 2.45) is 5.92 Å². The molecule has 0 bridgehead atoms. The van der Waals surface area contributed by atoms with Crippen LogP contribution in [0.15, 0.2) is 28.7 Å². The van der Waals surface area contributed by atoms with E-state index in [0.717, 1.165) is 30.1 Å². The minimum absolute atomic E-state index is 0.726. The Balaban J connectivity index is 1.71. The van der Waals surface area contributed by atoms with Crippen LogP contribution in [0.25, 0.3) is 0 Å². The molecule has 2 rings (SSSR count). The first-order chi connectivity index (χ1) is 8.34. The van der Waals surface area contributed by atoms with E-state index in [1.807, 2.05) is 6.07 Å². The fraction of sp³-hybridized carbons (Fsp3) is 0.571. The second-order valence-electron chi connectivity index (χ2n) is 4.69. The van der Waals surface area contributed by atoms with Gasteiger partial charge in [-0.2, -0.15) is 0 Å². The van der Waals surface area contributed by atoms with Gasteiger partial charge in [0.15, 0.2) is 0 Å². The van der Waals surface area contributed by atoms with Gasteiger partial charge in [0.2, 0.25) is 0 Å². The van der Waals surface area contributed by atoms with Gasteiger partial charge < -0.3 is 10.1 Å². The molecular formula is C14H20BrNO. The number of halogens is 1. The zero-order valence-corrected chi connectivity index (χ0v) is 11.7. The van der Waals surface area contributed by atoms with Crippen LogP contribution in [0.4, 0.5) is 0 Å². The van der Waals surface area contributed by atoms with Gasteiger partial charge in [-0.05, 0) is 56.0 Å². The van der Waals surface area contributed by atoms with Gasteiger partial charge in [0.05, 0.1) is 6.61 Å². The highest BCUT2D eigenvalue weighted by atomic mass is 79.9. The number of benzene rings is 1. The Morgan fingerprint density at radius 2 is 2.24 bits per heavy atom. The van der Waals surface area contributed by atoms with E-state index in [1.54, 1.807) is 0 Å². The summed E-state index contributed by atoms with van der Waals surface area (Å²) in [6.45, 7) is 3.94. The summed E-state index contributed by atoms with van der Waals surface area (Å²) < 4.78 is 6.94. The van der Waals surface area contributed by atoms with Gasteiger partial charge in [0, 0.05) is 11.1 Å². The van der Waals surface area contributed by atoms with Crippen molar-refractivity contribution in [1.29, 1.82) is 0 Å². The summed E-state index contributed by atoms with van der Waals surface area (Å²) in [7, 11) is 0. The smallest absolute Gasteiger partial charge is 0.0717 e. The quantitative estimate of drug-likeness (QED) is 0.920. The molecule has 1 aromatic rings. The minimum atomic E-state index is 0.726. The summed E-state index contributed by atoms with van der Waals surface area (Å²) in [5.74, 6) is 0.733. The largest absolute Gasteiger partial charge is 0.376 e. The summed E-state index contributed by atoms with van der Waals surface area (Å²) in [5.41, 5.74) is 1.24. The predicted molar refractivity (Wildman–Crippen MR) is 74.0 cm³/mol. The second kappa shape index (κ2) is 7.14. The molecule has 1 saturated heterocycles. The van der Waals surface area contributed by atoms with Crippen LogP contribution >= 0.6 is 15.9 Å². The SMILES string of the molecule is Brc1cccc(COCC2CCCNCC2)c1. The first-order valence-corrected chi connectivity index (χ1v) is 7.17. The second-order valence-corrected chi connectivity index (χ2v) is 5.61. The van der Waals surface area contributed by atoms with Crippen LogP contribution in [0.1, 0.15) is 24.8 Å². The zero-order valence-electron chi connectivity index (χ0n) is 10.1. The number of ether oxygens (including phenoxy) is 1. The number of hydrogen-bond donors (Lipinski definition) is 1. The van der Waals surface area contributed by atoms with Crippen molar-refractivity contribution in [3.63, 3.8) is 0 Å². The topological polar surface area (TPSA) is 21.3 Å². The maximum Gasteiger partial charge on any atom is 0.0717 e. The third kappa shape index (κ3) is 4.78.